The maximum absolute atomic E-state index is 12.8. The van der Waals surface area contributed by atoms with E-state index in [-0.39, 0.29) is 30.1 Å². The molecule has 1 aliphatic carbocycles. The first-order valence-electron chi connectivity index (χ1n) is 14.3. The normalized spacial score (nSPS) is 35.9. The molecule has 5 aliphatic rings. The van der Waals surface area contributed by atoms with Gasteiger partial charge in [-0.1, -0.05) is 48.0 Å². The standard InChI is InChI=1S/C32H35BrO8/c1-19-4-14-26-20(2)29(38-30-32(26)25(19)16-17-31(3,39-30)40-41-32)37-28(35)18-36-24-12-8-22(9-13-24)27(34)15-7-21-5-10-23(33)11-6-21/h5-13,15,19-20,25-26,29-30H,4,14,16-18H2,1-3H3/b15-7+/t19-,20-,25+,26+,29-,30-,31+,32-/m1/s1. The Labute approximate surface area is 248 Å². The summed E-state index contributed by atoms with van der Waals surface area (Å²) in [5.41, 5.74) is 0.737. The number of carbonyl (C=O) groups is 2. The molecule has 5 fully saturated rings. The second-order valence-electron chi connectivity index (χ2n) is 11.8. The molecule has 4 aliphatic heterocycles. The number of fused-ring (bicyclic) bond motifs is 2. The van der Waals surface area contributed by atoms with E-state index in [0.29, 0.717) is 17.2 Å². The van der Waals surface area contributed by atoms with Gasteiger partial charge in [0.1, 0.15) is 5.75 Å². The second-order valence-corrected chi connectivity index (χ2v) is 12.7. The lowest BCUT2D eigenvalue weighted by Gasteiger charge is -2.59. The smallest absolute Gasteiger partial charge is 0.346 e. The van der Waals surface area contributed by atoms with Crippen molar-refractivity contribution in [2.75, 3.05) is 6.61 Å². The van der Waals surface area contributed by atoms with Crippen molar-refractivity contribution in [3.05, 3.63) is 70.2 Å². The van der Waals surface area contributed by atoms with Gasteiger partial charge in [0.25, 0.3) is 0 Å². The quantitative estimate of drug-likeness (QED) is 0.149. The average Bonchev–Trinajstić information content (AvgIpc) is 3.20. The largest absolute Gasteiger partial charge is 0.482 e. The molecule has 2 aromatic rings. The highest BCUT2D eigenvalue weighted by Crippen LogP contribution is 2.60. The Morgan fingerprint density at radius 2 is 1.76 bits per heavy atom. The summed E-state index contributed by atoms with van der Waals surface area (Å²) >= 11 is 3.40. The highest BCUT2D eigenvalue weighted by molar-refractivity contribution is 9.10. The van der Waals surface area contributed by atoms with Crippen LogP contribution in [0.25, 0.3) is 6.08 Å². The average molecular weight is 628 g/mol. The van der Waals surface area contributed by atoms with Gasteiger partial charge in [0.15, 0.2) is 24.3 Å². The maximum atomic E-state index is 12.8. The van der Waals surface area contributed by atoms with E-state index in [4.69, 9.17) is 28.7 Å². The van der Waals surface area contributed by atoms with Crippen molar-refractivity contribution in [3.63, 3.8) is 0 Å². The summed E-state index contributed by atoms with van der Waals surface area (Å²) in [5.74, 6) is -0.465. The minimum atomic E-state index is -0.891. The van der Waals surface area contributed by atoms with Crippen LogP contribution in [0.4, 0.5) is 0 Å². The van der Waals surface area contributed by atoms with Gasteiger partial charge in [-0.25, -0.2) is 14.6 Å². The Balaban J connectivity index is 1.06. The molecular weight excluding hydrogens is 592 g/mol. The van der Waals surface area contributed by atoms with E-state index in [1.807, 2.05) is 38.1 Å². The third kappa shape index (κ3) is 5.50. The first-order chi connectivity index (χ1) is 19.7. The van der Waals surface area contributed by atoms with Crippen LogP contribution in [0, 0.1) is 23.7 Å². The Morgan fingerprint density at radius 1 is 1.00 bits per heavy atom. The topological polar surface area (TPSA) is 89.5 Å². The van der Waals surface area contributed by atoms with Crippen LogP contribution in [0.3, 0.4) is 0 Å². The Kier molecular flexibility index (Phi) is 7.84. The number of halogens is 1. The molecule has 0 radical (unpaired) electrons. The van der Waals surface area contributed by atoms with E-state index in [2.05, 4.69) is 22.9 Å². The molecule has 7 rings (SSSR count). The van der Waals surface area contributed by atoms with Crippen molar-refractivity contribution in [2.24, 2.45) is 23.7 Å². The summed E-state index contributed by atoms with van der Waals surface area (Å²) in [7, 11) is 0. The number of allylic oxidation sites excluding steroid dienone is 1. The van der Waals surface area contributed by atoms with Gasteiger partial charge in [-0.3, -0.25) is 4.79 Å². The molecule has 0 amide bonds. The molecule has 0 N–H and O–H groups in total. The van der Waals surface area contributed by atoms with Crippen LogP contribution < -0.4 is 4.74 Å². The van der Waals surface area contributed by atoms with Crippen LogP contribution in [0.1, 0.15) is 62.4 Å². The van der Waals surface area contributed by atoms with Crippen LogP contribution in [0.15, 0.2) is 59.1 Å². The number of ether oxygens (including phenoxy) is 4. The number of benzene rings is 2. The van der Waals surface area contributed by atoms with Gasteiger partial charge >= 0.3 is 5.97 Å². The van der Waals surface area contributed by atoms with E-state index in [1.54, 1.807) is 30.3 Å². The summed E-state index contributed by atoms with van der Waals surface area (Å²) in [6.45, 7) is 5.87. The van der Waals surface area contributed by atoms with Crippen molar-refractivity contribution in [2.45, 2.75) is 70.4 Å². The molecule has 41 heavy (non-hydrogen) atoms. The van der Waals surface area contributed by atoms with Gasteiger partial charge in [0, 0.05) is 28.3 Å². The molecule has 8 nitrogen and oxygen atoms in total. The summed E-state index contributed by atoms with van der Waals surface area (Å²) < 4.78 is 25.1. The minimum Gasteiger partial charge on any atom is -0.482 e. The first kappa shape index (κ1) is 28.6. The number of esters is 1. The Hall–Kier alpha value is -2.56. The SMILES string of the molecule is C[C@H]1[C@H](OC(=O)COc2ccc(C(=O)/C=C/c3ccc(Br)cc3)cc2)O[C@@H]2O[C@]3(C)CC[C@H]4[C@H](C)CC[C@@H]1[C@@]24OO3. The van der Waals surface area contributed by atoms with Crippen LogP contribution in [-0.2, 0) is 28.8 Å². The maximum Gasteiger partial charge on any atom is 0.346 e. The number of carbonyl (C=O) groups excluding carboxylic acids is 2. The molecule has 4 heterocycles. The zero-order valence-electron chi connectivity index (χ0n) is 23.4. The molecule has 8 atom stereocenters. The van der Waals surface area contributed by atoms with Crippen LogP contribution in [0.2, 0.25) is 0 Å². The van der Waals surface area contributed by atoms with E-state index < -0.39 is 29.9 Å². The fourth-order valence-corrected chi connectivity index (χ4v) is 7.13. The first-order valence-corrected chi connectivity index (χ1v) is 15.1. The summed E-state index contributed by atoms with van der Waals surface area (Å²) in [4.78, 5) is 37.4. The molecule has 1 saturated carbocycles. The summed E-state index contributed by atoms with van der Waals surface area (Å²) in [6.07, 6.45) is 5.46. The van der Waals surface area contributed by atoms with Crippen molar-refractivity contribution in [3.8, 4) is 5.75 Å². The lowest BCUT2D eigenvalue weighted by atomic mass is 9.58. The Morgan fingerprint density at radius 3 is 2.51 bits per heavy atom. The van der Waals surface area contributed by atoms with Crippen LogP contribution in [0.5, 0.6) is 5.75 Å². The van der Waals surface area contributed by atoms with Crippen molar-refractivity contribution < 1.29 is 38.3 Å². The predicted molar refractivity (Wildman–Crippen MR) is 152 cm³/mol. The molecule has 4 saturated heterocycles. The van der Waals surface area contributed by atoms with Gasteiger partial charge < -0.3 is 18.9 Å². The highest BCUT2D eigenvalue weighted by atomic mass is 79.9. The number of hydrogen-bond acceptors (Lipinski definition) is 8. The molecule has 9 heteroatoms. The zero-order chi connectivity index (χ0) is 28.8. The van der Waals surface area contributed by atoms with Gasteiger partial charge in [0.05, 0.1) is 0 Å². The van der Waals surface area contributed by atoms with Crippen molar-refractivity contribution in [1.82, 2.24) is 0 Å². The number of hydrogen-bond donors (Lipinski definition) is 0. The minimum absolute atomic E-state index is 0.0618. The molecule has 1 spiro atoms. The zero-order valence-corrected chi connectivity index (χ0v) is 25.0. The molecule has 2 aromatic carbocycles. The fourth-order valence-electron chi connectivity index (χ4n) is 6.87. The van der Waals surface area contributed by atoms with Gasteiger partial charge in [-0.15, -0.1) is 0 Å². The molecule has 2 bridgehead atoms. The molecule has 0 unspecified atom stereocenters. The van der Waals surface area contributed by atoms with Gasteiger partial charge in [-0.2, -0.15) is 0 Å². The second kappa shape index (κ2) is 11.3. The third-order valence-electron chi connectivity index (χ3n) is 9.14. The molecule has 218 valence electrons. The lowest BCUT2D eigenvalue weighted by molar-refractivity contribution is -0.576. The number of ketones is 1. The monoisotopic (exact) mass is 626 g/mol. The van der Waals surface area contributed by atoms with Crippen molar-refractivity contribution >= 4 is 33.8 Å². The van der Waals surface area contributed by atoms with E-state index in [1.165, 1.54) is 6.08 Å². The third-order valence-corrected chi connectivity index (χ3v) is 9.67. The highest BCUT2D eigenvalue weighted by Gasteiger charge is 2.69. The number of rotatable bonds is 7. The van der Waals surface area contributed by atoms with Gasteiger partial charge in [0.2, 0.25) is 12.1 Å². The fraction of sp³-hybridized carbons (Fsp3) is 0.500. The van der Waals surface area contributed by atoms with Gasteiger partial charge in [-0.05, 0) is 86.1 Å². The van der Waals surface area contributed by atoms with E-state index in [9.17, 15) is 9.59 Å². The summed E-state index contributed by atoms with van der Waals surface area (Å²) in [5, 5.41) is 0. The van der Waals surface area contributed by atoms with Crippen LogP contribution in [-0.4, -0.2) is 42.3 Å². The van der Waals surface area contributed by atoms with E-state index in [0.717, 1.165) is 35.7 Å². The van der Waals surface area contributed by atoms with Crippen molar-refractivity contribution in [1.29, 1.82) is 0 Å². The molecule has 0 aromatic heterocycles. The van der Waals surface area contributed by atoms with E-state index >= 15 is 0 Å². The molecular formula is C32H35BrO8. The summed E-state index contributed by atoms with van der Waals surface area (Å²) in [6, 6.07) is 14.3. The Bertz CT molecular complexity index is 1310. The lowest BCUT2D eigenvalue weighted by Crippen LogP contribution is -2.70. The predicted octanol–water partition coefficient (Wildman–Crippen LogP) is 6.48. The van der Waals surface area contributed by atoms with Crippen LogP contribution >= 0.6 is 15.9 Å².